The molecule has 0 atom stereocenters. The van der Waals surface area contributed by atoms with Crippen molar-refractivity contribution in [2.45, 2.75) is 6.18 Å². The molecule has 0 spiro atoms. The monoisotopic (exact) mass is 546 g/mol. The van der Waals surface area contributed by atoms with E-state index in [9.17, 15) is 18.0 Å². The fraction of sp³-hybridized carbons (Fsp3) is 0.200. The molecule has 1 saturated heterocycles. The van der Waals surface area contributed by atoms with Crippen LogP contribution in [0.25, 0.3) is 22.3 Å². The molecular formula is C25H22ClF3N6O3. The van der Waals surface area contributed by atoms with Crippen molar-refractivity contribution in [3.63, 3.8) is 0 Å². The molecule has 38 heavy (non-hydrogen) atoms. The number of hydrogen-bond acceptors (Lipinski definition) is 6. The zero-order valence-corrected chi connectivity index (χ0v) is 20.5. The number of nitrogens with one attached hydrogen (secondary N) is 3. The van der Waals surface area contributed by atoms with Gasteiger partial charge in [0.15, 0.2) is 0 Å². The largest absolute Gasteiger partial charge is 0.490 e. The molecule has 1 amide bonds. The van der Waals surface area contributed by atoms with Crippen LogP contribution in [0.2, 0.25) is 5.02 Å². The summed E-state index contributed by atoms with van der Waals surface area (Å²) in [6, 6.07) is 15.5. The number of carbonyl (C=O) groups excluding carboxylic acids is 1. The summed E-state index contributed by atoms with van der Waals surface area (Å²) in [5.74, 6) is -2.21. The molecular weight excluding hydrogens is 525 g/mol. The number of aromatic amines is 1. The van der Waals surface area contributed by atoms with Crippen molar-refractivity contribution in [3.05, 3.63) is 71.5 Å². The maximum Gasteiger partial charge on any atom is 0.490 e. The minimum absolute atomic E-state index is 0.0429. The second kappa shape index (κ2) is 11.5. The fourth-order valence-electron chi connectivity index (χ4n) is 3.72. The lowest BCUT2D eigenvalue weighted by molar-refractivity contribution is -0.192. The van der Waals surface area contributed by atoms with E-state index in [1.54, 1.807) is 24.5 Å². The lowest BCUT2D eigenvalue weighted by Gasteiger charge is -2.27. The average Bonchev–Trinajstić information content (AvgIpc) is 3.34. The van der Waals surface area contributed by atoms with Crippen molar-refractivity contribution in [1.29, 1.82) is 0 Å². The number of halogens is 4. The fourth-order valence-corrected chi connectivity index (χ4v) is 3.98. The topological polar surface area (TPSA) is 123 Å². The zero-order chi connectivity index (χ0) is 27.3. The number of aliphatic carboxylic acids is 1. The zero-order valence-electron chi connectivity index (χ0n) is 19.7. The van der Waals surface area contributed by atoms with Gasteiger partial charge in [-0.05, 0) is 30.3 Å². The first-order chi connectivity index (χ1) is 18.1. The van der Waals surface area contributed by atoms with Crippen LogP contribution in [-0.2, 0) is 4.79 Å². The summed E-state index contributed by atoms with van der Waals surface area (Å²) in [6.07, 6.45) is -1.71. The molecule has 1 aliphatic heterocycles. The molecule has 0 radical (unpaired) electrons. The van der Waals surface area contributed by atoms with Crippen LogP contribution in [0.4, 0.5) is 24.7 Å². The van der Waals surface area contributed by atoms with Crippen molar-refractivity contribution < 1.29 is 27.9 Å². The van der Waals surface area contributed by atoms with Crippen molar-refractivity contribution in [3.8, 4) is 11.4 Å². The molecule has 0 unspecified atom stereocenters. The number of amides is 1. The van der Waals surface area contributed by atoms with Crippen LogP contribution >= 0.6 is 11.6 Å². The van der Waals surface area contributed by atoms with E-state index in [1.807, 2.05) is 29.2 Å². The molecule has 198 valence electrons. The maximum atomic E-state index is 12.7. The van der Waals surface area contributed by atoms with Crippen molar-refractivity contribution >= 4 is 45.9 Å². The average molecular weight is 547 g/mol. The highest BCUT2D eigenvalue weighted by Crippen LogP contribution is 2.26. The molecule has 0 bridgehead atoms. The number of piperazine rings is 1. The van der Waals surface area contributed by atoms with Crippen molar-refractivity contribution in [2.75, 3.05) is 31.5 Å². The van der Waals surface area contributed by atoms with Crippen LogP contribution < -0.4 is 10.6 Å². The molecule has 1 fully saturated rings. The van der Waals surface area contributed by atoms with Gasteiger partial charge in [0.25, 0.3) is 5.91 Å². The van der Waals surface area contributed by atoms with Crippen molar-refractivity contribution in [1.82, 2.24) is 25.2 Å². The predicted molar refractivity (Wildman–Crippen MR) is 137 cm³/mol. The molecule has 2 aromatic carbocycles. The normalized spacial score (nSPS) is 13.5. The van der Waals surface area contributed by atoms with E-state index in [4.69, 9.17) is 21.5 Å². The summed E-state index contributed by atoms with van der Waals surface area (Å²) in [7, 11) is 0. The molecule has 3 heterocycles. The Morgan fingerprint density at radius 3 is 2.42 bits per heavy atom. The first-order valence-electron chi connectivity index (χ1n) is 11.4. The second-order valence-electron chi connectivity index (χ2n) is 8.22. The number of rotatable bonds is 4. The summed E-state index contributed by atoms with van der Waals surface area (Å²) in [5, 5.41) is 15.1. The number of hydrogen-bond donors (Lipinski definition) is 4. The van der Waals surface area contributed by atoms with E-state index in [-0.39, 0.29) is 5.91 Å². The highest BCUT2D eigenvalue weighted by atomic mass is 35.5. The van der Waals surface area contributed by atoms with Gasteiger partial charge in [0.05, 0.1) is 28.7 Å². The van der Waals surface area contributed by atoms with Gasteiger partial charge in [0.1, 0.15) is 11.5 Å². The Kier molecular flexibility index (Phi) is 8.13. The van der Waals surface area contributed by atoms with Crippen LogP contribution in [0, 0.1) is 0 Å². The third-order valence-electron chi connectivity index (χ3n) is 5.56. The Labute approximate surface area is 219 Å². The molecule has 1 aliphatic rings. The standard InChI is InChI=1S/C23H21ClN6O.C2HF3O2/c24-18-12-16(5-6-17(18)23(31)30-9-7-25-8-10-30)27-22-14-26-13-21(29-22)20-11-15-3-1-2-4-19(15)28-20;3-2(4,5)1(6)7/h1-6,11-14,25,28H,7-10H2,(H,27,29);(H,6,7). The maximum absolute atomic E-state index is 12.7. The van der Waals surface area contributed by atoms with Gasteiger partial charge >= 0.3 is 12.1 Å². The van der Waals surface area contributed by atoms with E-state index in [0.717, 1.165) is 41.1 Å². The van der Waals surface area contributed by atoms with Crippen molar-refractivity contribution in [2.24, 2.45) is 0 Å². The number of para-hydroxylation sites is 1. The molecule has 0 aliphatic carbocycles. The van der Waals surface area contributed by atoms with Gasteiger partial charge < -0.3 is 25.6 Å². The summed E-state index contributed by atoms with van der Waals surface area (Å²) < 4.78 is 31.7. The lowest BCUT2D eigenvalue weighted by Crippen LogP contribution is -2.46. The Bertz CT molecular complexity index is 1420. The van der Waals surface area contributed by atoms with Gasteiger partial charge in [-0.15, -0.1) is 0 Å². The smallest absolute Gasteiger partial charge is 0.475 e. The Morgan fingerprint density at radius 2 is 1.76 bits per heavy atom. The van der Waals surface area contributed by atoms with E-state index in [1.165, 1.54) is 0 Å². The highest BCUT2D eigenvalue weighted by molar-refractivity contribution is 6.34. The Hall–Kier alpha value is -4.16. The van der Waals surface area contributed by atoms with Gasteiger partial charge in [-0.25, -0.2) is 9.78 Å². The number of benzene rings is 2. The quantitative estimate of drug-likeness (QED) is 0.292. The Balaban J connectivity index is 0.000000426. The SMILES string of the molecule is O=C(O)C(F)(F)F.O=C(c1ccc(Nc2cncc(-c3cc4ccccc4[nH]3)n2)cc1Cl)N1CCNCC1. The molecule has 4 aromatic rings. The molecule has 5 rings (SSSR count). The molecule has 2 aromatic heterocycles. The van der Waals surface area contributed by atoms with E-state index >= 15 is 0 Å². The van der Waals surface area contributed by atoms with E-state index < -0.39 is 12.1 Å². The summed E-state index contributed by atoms with van der Waals surface area (Å²) in [4.78, 5) is 35.8. The molecule has 0 saturated carbocycles. The molecule has 13 heteroatoms. The lowest BCUT2D eigenvalue weighted by atomic mass is 10.1. The summed E-state index contributed by atoms with van der Waals surface area (Å²) in [6.45, 7) is 2.97. The number of H-pyrrole nitrogens is 1. The number of anilines is 2. The molecule has 9 nitrogen and oxygen atoms in total. The summed E-state index contributed by atoms with van der Waals surface area (Å²) in [5.41, 5.74) is 3.93. The third kappa shape index (κ3) is 6.58. The number of carboxylic acid groups (broad SMARTS) is 1. The second-order valence-corrected chi connectivity index (χ2v) is 8.63. The number of fused-ring (bicyclic) bond motifs is 1. The number of carbonyl (C=O) groups is 2. The predicted octanol–water partition coefficient (Wildman–Crippen LogP) is 4.70. The van der Waals surface area contributed by atoms with Gasteiger partial charge in [0, 0.05) is 42.8 Å². The molecule has 4 N–H and O–H groups in total. The van der Waals surface area contributed by atoms with E-state index in [2.05, 4.69) is 37.7 Å². The van der Waals surface area contributed by atoms with Gasteiger partial charge in [-0.2, -0.15) is 13.2 Å². The van der Waals surface area contributed by atoms with Crippen LogP contribution in [-0.4, -0.2) is 69.2 Å². The van der Waals surface area contributed by atoms with Gasteiger partial charge in [0.2, 0.25) is 0 Å². The van der Waals surface area contributed by atoms with Crippen LogP contribution in [0.1, 0.15) is 10.4 Å². The summed E-state index contributed by atoms with van der Waals surface area (Å²) >= 11 is 6.44. The number of carboxylic acids is 1. The number of alkyl halides is 3. The first kappa shape index (κ1) is 26.9. The van der Waals surface area contributed by atoms with Gasteiger partial charge in [-0.3, -0.25) is 9.78 Å². The van der Waals surface area contributed by atoms with E-state index in [0.29, 0.717) is 29.5 Å². The minimum atomic E-state index is -5.08. The van der Waals surface area contributed by atoms with Crippen LogP contribution in [0.5, 0.6) is 0 Å². The number of aromatic nitrogens is 3. The van der Waals surface area contributed by atoms with Crippen LogP contribution in [0.3, 0.4) is 0 Å². The van der Waals surface area contributed by atoms with Crippen LogP contribution in [0.15, 0.2) is 60.9 Å². The van der Waals surface area contributed by atoms with Gasteiger partial charge in [-0.1, -0.05) is 29.8 Å². The first-order valence-corrected chi connectivity index (χ1v) is 11.8. The third-order valence-corrected chi connectivity index (χ3v) is 5.87. The number of nitrogens with zero attached hydrogens (tertiary/aromatic N) is 3. The highest BCUT2D eigenvalue weighted by Gasteiger charge is 2.38. The Morgan fingerprint density at radius 1 is 1.05 bits per heavy atom. The minimum Gasteiger partial charge on any atom is -0.475 e.